The van der Waals surface area contributed by atoms with Gasteiger partial charge >= 0.3 is 5.63 Å². The number of likely N-dealkylation sites (N-methyl/N-ethyl adjacent to an activating group) is 1. The van der Waals surface area contributed by atoms with E-state index >= 15 is 0 Å². The first kappa shape index (κ1) is 20.8. The molecule has 31 heavy (non-hydrogen) atoms. The zero-order chi connectivity index (χ0) is 21.8. The first-order valence-electron chi connectivity index (χ1n) is 10.4. The summed E-state index contributed by atoms with van der Waals surface area (Å²) in [7, 11) is 1.70. The van der Waals surface area contributed by atoms with Crippen LogP contribution < -0.4 is 19.8 Å². The largest absolute Gasteiger partial charge is 0.486 e. The highest BCUT2D eigenvalue weighted by Gasteiger charge is 2.24. The van der Waals surface area contributed by atoms with Gasteiger partial charge < -0.3 is 23.5 Å². The predicted molar refractivity (Wildman–Crippen MR) is 116 cm³/mol. The summed E-state index contributed by atoms with van der Waals surface area (Å²) in [4.78, 5) is 25.9. The van der Waals surface area contributed by atoms with E-state index in [1.807, 2.05) is 30.3 Å². The molecular weight excluding hydrogens is 398 g/mol. The molecule has 0 fully saturated rings. The lowest BCUT2D eigenvalue weighted by Gasteiger charge is -2.29. The summed E-state index contributed by atoms with van der Waals surface area (Å²) in [5.41, 5.74) is 1.02. The Hall–Kier alpha value is -3.48. The lowest BCUT2D eigenvalue weighted by atomic mass is 10.1. The van der Waals surface area contributed by atoms with Crippen LogP contribution in [0.4, 0.5) is 0 Å². The van der Waals surface area contributed by atoms with E-state index in [2.05, 4.69) is 6.92 Å². The lowest BCUT2D eigenvalue weighted by Crippen LogP contribution is -2.43. The van der Waals surface area contributed by atoms with Crippen molar-refractivity contribution in [2.75, 3.05) is 26.8 Å². The van der Waals surface area contributed by atoms with Crippen LogP contribution in [0.2, 0.25) is 0 Å². The number of ether oxygens (including phenoxy) is 3. The van der Waals surface area contributed by atoms with Crippen molar-refractivity contribution in [3.8, 4) is 17.2 Å². The fourth-order valence-electron chi connectivity index (χ4n) is 3.59. The first-order valence-corrected chi connectivity index (χ1v) is 10.4. The monoisotopic (exact) mass is 423 g/mol. The summed E-state index contributed by atoms with van der Waals surface area (Å²) in [6, 6.07) is 14.3. The molecule has 7 heteroatoms. The Bertz CT molecular complexity index is 1140. The highest BCUT2D eigenvalue weighted by Crippen LogP contribution is 2.31. The molecule has 162 valence electrons. The summed E-state index contributed by atoms with van der Waals surface area (Å²) in [5, 5.41) is 0.881. The molecule has 1 aromatic heterocycles. The van der Waals surface area contributed by atoms with Crippen molar-refractivity contribution in [1.29, 1.82) is 0 Å². The molecule has 0 aliphatic carbocycles. The van der Waals surface area contributed by atoms with E-state index in [0.29, 0.717) is 36.0 Å². The number of carbonyl (C=O) groups excluding carboxylic acids is 1. The third-order valence-electron chi connectivity index (χ3n) is 5.15. The van der Waals surface area contributed by atoms with Gasteiger partial charge in [0.1, 0.15) is 17.9 Å². The van der Waals surface area contributed by atoms with Crippen LogP contribution in [0.15, 0.2) is 57.7 Å². The Morgan fingerprint density at radius 3 is 2.77 bits per heavy atom. The van der Waals surface area contributed by atoms with Crippen molar-refractivity contribution >= 4 is 16.9 Å². The Balaban J connectivity index is 1.36. The quantitative estimate of drug-likeness (QED) is 0.542. The second-order valence-corrected chi connectivity index (χ2v) is 7.56. The molecule has 0 N–H and O–H groups in total. The summed E-state index contributed by atoms with van der Waals surface area (Å²) in [6.45, 7) is 2.68. The number of hydrogen-bond donors (Lipinski definition) is 0. The summed E-state index contributed by atoms with van der Waals surface area (Å²) < 4.78 is 22.6. The normalized spacial score (nSPS) is 15.0. The number of hydrogen-bond acceptors (Lipinski definition) is 6. The molecule has 0 saturated heterocycles. The fourth-order valence-corrected chi connectivity index (χ4v) is 3.59. The molecular formula is C24H25NO6. The molecule has 3 aromatic rings. The molecule has 7 nitrogen and oxygen atoms in total. The minimum atomic E-state index is -0.389. The lowest BCUT2D eigenvalue weighted by molar-refractivity contribution is -0.133. The van der Waals surface area contributed by atoms with Gasteiger partial charge in [0.05, 0.1) is 6.54 Å². The van der Waals surface area contributed by atoms with E-state index in [1.165, 1.54) is 6.07 Å². The molecule has 0 radical (unpaired) electrons. The van der Waals surface area contributed by atoms with Gasteiger partial charge in [-0.1, -0.05) is 25.5 Å². The maximum absolute atomic E-state index is 12.5. The SMILES string of the molecule is CCCc1cc(=O)oc2cc(OCC(=O)N(C)C[C@H]3COc4ccccc4O3)ccc12. The molecule has 1 amide bonds. The third kappa shape index (κ3) is 4.82. The van der Waals surface area contributed by atoms with Crippen LogP contribution >= 0.6 is 0 Å². The molecule has 1 aliphatic rings. The van der Waals surface area contributed by atoms with Crippen LogP contribution in [0.25, 0.3) is 11.0 Å². The molecule has 2 aromatic carbocycles. The van der Waals surface area contributed by atoms with Crippen molar-refractivity contribution in [2.24, 2.45) is 0 Å². The van der Waals surface area contributed by atoms with E-state index < -0.39 is 0 Å². The van der Waals surface area contributed by atoms with Crippen LogP contribution in [0.5, 0.6) is 17.2 Å². The molecule has 0 unspecified atom stereocenters. The van der Waals surface area contributed by atoms with Crippen LogP contribution in [-0.4, -0.2) is 43.7 Å². The van der Waals surface area contributed by atoms with Gasteiger partial charge in [0.25, 0.3) is 5.91 Å². The van der Waals surface area contributed by atoms with Gasteiger partial charge in [0.2, 0.25) is 0 Å². The van der Waals surface area contributed by atoms with Gasteiger partial charge in [-0.2, -0.15) is 0 Å². The van der Waals surface area contributed by atoms with E-state index in [4.69, 9.17) is 18.6 Å². The van der Waals surface area contributed by atoms with E-state index in [9.17, 15) is 9.59 Å². The smallest absolute Gasteiger partial charge is 0.336 e. The van der Waals surface area contributed by atoms with Gasteiger partial charge in [0, 0.05) is 24.6 Å². The molecule has 0 saturated carbocycles. The molecule has 0 spiro atoms. The van der Waals surface area contributed by atoms with Crippen molar-refractivity contribution < 1.29 is 23.4 Å². The highest BCUT2D eigenvalue weighted by molar-refractivity contribution is 5.82. The molecule has 1 atom stereocenters. The average Bonchev–Trinajstić information content (AvgIpc) is 2.77. The van der Waals surface area contributed by atoms with Crippen LogP contribution in [-0.2, 0) is 11.2 Å². The number of para-hydroxylation sites is 2. The van der Waals surface area contributed by atoms with Crippen molar-refractivity contribution in [3.05, 3.63) is 64.5 Å². The topological polar surface area (TPSA) is 78.2 Å². The molecule has 4 rings (SSSR count). The second kappa shape index (κ2) is 9.12. The van der Waals surface area contributed by atoms with Crippen LogP contribution in [0.1, 0.15) is 18.9 Å². The zero-order valence-electron chi connectivity index (χ0n) is 17.6. The number of fused-ring (bicyclic) bond motifs is 2. The van der Waals surface area contributed by atoms with Gasteiger partial charge in [-0.25, -0.2) is 4.79 Å². The number of nitrogens with zero attached hydrogens (tertiary/aromatic N) is 1. The molecule has 1 aliphatic heterocycles. The predicted octanol–water partition coefficient (Wildman–Crippen LogP) is 3.42. The fraction of sp³-hybridized carbons (Fsp3) is 0.333. The van der Waals surface area contributed by atoms with E-state index in [0.717, 1.165) is 23.8 Å². The number of aryl methyl sites for hydroxylation is 1. The summed E-state index contributed by atoms with van der Waals surface area (Å²) in [5.74, 6) is 1.66. The Labute approximate surface area is 180 Å². The molecule has 2 heterocycles. The van der Waals surface area contributed by atoms with Gasteiger partial charge in [-0.15, -0.1) is 0 Å². The van der Waals surface area contributed by atoms with Crippen LogP contribution in [0, 0.1) is 0 Å². The minimum absolute atomic E-state index is 0.134. The Kier molecular flexibility index (Phi) is 6.11. The third-order valence-corrected chi connectivity index (χ3v) is 5.15. The highest BCUT2D eigenvalue weighted by atomic mass is 16.6. The Morgan fingerprint density at radius 2 is 1.97 bits per heavy atom. The summed E-state index contributed by atoms with van der Waals surface area (Å²) >= 11 is 0. The van der Waals surface area contributed by atoms with Gasteiger partial charge in [-0.3, -0.25) is 4.79 Å². The molecule has 0 bridgehead atoms. The van der Waals surface area contributed by atoms with Crippen molar-refractivity contribution in [1.82, 2.24) is 4.90 Å². The number of amides is 1. The minimum Gasteiger partial charge on any atom is -0.486 e. The van der Waals surface area contributed by atoms with Crippen molar-refractivity contribution in [3.63, 3.8) is 0 Å². The van der Waals surface area contributed by atoms with E-state index in [-0.39, 0.29) is 24.2 Å². The standard InChI is InChI=1S/C24H25NO6/c1-3-6-16-11-24(27)31-22-12-17(9-10-19(16)22)28-15-23(26)25(2)13-18-14-29-20-7-4-5-8-21(20)30-18/h4-5,7-12,18H,3,6,13-15H2,1-2H3/t18-/m0/s1. The van der Waals surface area contributed by atoms with Gasteiger partial charge in [-0.05, 0) is 36.2 Å². The maximum Gasteiger partial charge on any atom is 0.336 e. The first-order chi connectivity index (χ1) is 15.0. The number of benzene rings is 2. The van der Waals surface area contributed by atoms with E-state index in [1.54, 1.807) is 24.1 Å². The maximum atomic E-state index is 12.5. The Morgan fingerprint density at radius 1 is 1.16 bits per heavy atom. The van der Waals surface area contributed by atoms with Gasteiger partial charge in [0.15, 0.2) is 24.2 Å². The zero-order valence-corrected chi connectivity index (χ0v) is 17.6. The van der Waals surface area contributed by atoms with Crippen LogP contribution in [0.3, 0.4) is 0 Å². The second-order valence-electron chi connectivity index (χ2n) is 7.56. The summed E-state index contributed by atoms with van der Waals surface area (Å²) in [6.07, 6.45) is 1.47. The number of rotatable bonds is 7. The van der Waals surface area contributed by atoms with Crippen molar-refractivity contribution in [2.45, 2.75) is 25.9 Å². The average molecular weight is 423 g/mol. The number of carbonyl (C=O) groups is 1.